The van der Waals surface area contributed by atoms with Crippen molar-refractivity contribution in [2.75, 3.05) is 18.4 Å². The van der Waals surface area contributed by atoms with Gasteiger partial charge in [0.05, 0.1) is 28.9 Å². The molecular formula is C27H37N7O2. The maximum Gasteiger partial charge on any atom is 0.314 e. The van der Waals surface area contributed by atoms with Crippen molar-refractivity contribution in [1.29, 1.82) is 0 Å². The second-order valence-electron chi connectivity index (χ2n) is 9.74. The van der Waals surface area contributed by atoms with Crippen LogP contribution in [-0.2, 0) is 6.54 Å². The summed E-state index contributed by atoms with van der Waals surface area (Å²) in [5, 5.41) is 12.1. The monoisotopic (exact) mass is 491 g/mol. The third-order valence-corrected chi connectivity index (χ3v) is 7.08. The van der Waals surface area contributed by atoms with E-state index in [-0.39, 0.29) is 18.0 Å². The minimum Gasteiger partial charge on any atom is -0.381 e. The van der Waals surface area contributed by atoms with Gasteiger partial charge < -0.3 is 21.3 Å². The number of aromatic nitrogens is 3. The Bertz CT molecular complexity index is 1210. The molecule has 36 heavy (non-hydrogen) atoms. The molecule has 192 valence electrons. The number of rotatable bonds is 8. The van der Waals surface area contributed by atoms with Crippen LogP contribution in [0.15, 0.2) is 36.7 Å². The molecule has 3 amide bonds. The quantitative estimate of drug-likeness (QED) is 0.431. The Hall–Kier alpha value is -3.62. The number of amides is 3. The summed E-state index contributed by atoms with van der Waals surface area (Å²) in [6, 6.07) is 8.06. The SMILES string of the molecule is CC[C@@H](NC(=O)c1cnc2c(cnn2CC)c1NC1CCN(C(N)=O)CC1)c1ccc(C(C)C)cc1. The van der Waals surface area contributed by atoms with Gasteiger partial charge in [-0.25, -0.2) is 14.5 Å². The number of fused-ring (bicyclic) bond motifs is 1. The number of nitrogens with zero attached hydrogens (tertiary/aromatic N) is 4. The summed E-state index contributed by atoms with van der Waals surface area (Å²) >= 11 is 0. The number of carbonyl (C=O) groups excluding carboxylic acids is 2. The van der Waals surface area contributed by atoms with Gasteiger partial charge in [0.25, 0.3) is 5.91 Å². The van der Waals surface area contributed by atoms with E-state index in [2.05, 4.69) is 65.8 Å². The number of urea groups is 1. The first-order chi connectivity index (χ1) is 17.3. The lowest BCUT2D eigenvalue weighted by molar-refractivity contribution is 0.0936. The average Bonchev–Trinajstić information content (AvgIpc) is 3.31. The number of hydrogen-bond acceptors (Lipinski definition) is 5. The van der Waals surface area contributed by atoms with Crippen LogP contribution in [-0.4, -0.2) is 50.7 Å². The number of hydrogen-bond donors (Lipinski definition) is 3. The molecule has 0 saturated carbocycles. The molecule has 0 radical (unpaired) electrons. The van der Waals surface area contributed by atoms with Gasteiger partial charge in [0.2, 0.25) is 0 Å². The second kappa shape index (κ2) is 11.0. The van der Waals surface area contributed by atoms with Crippen molar-refractivity contribution in [3.05, 3.63) is 53.3 Å². The number of pyridine rings is 1. The van der Waals surface area contributed by atoms with Gasteiger partial charge in [-0.15, -0.1) is 0 Å². The lowest BCUT2D eigenvalue weighted by Crippen LogP contribution is -2.45. The van der Waals surface area contributed by atoms with Gasteiger partial charge >= 0.3 is 6.03 Å². The third-order valence-electron chi connectivity index (χ3n) is 7.08. The molecule has 3 heterocycles. The Kier molecular flexibility index (Phi) is 7.76. The number of aryl methyl sites for hydroxylation is 1. The van der Waals surface area contributed by atoms with Crippen molar-refractivity contribution >= 4 is 28.7 Å². The van der Waals surface area contributed by atoms with Crippen LogP contribution in [0.25, 0.3) is 11.0 Å². The summed E-state index contributed by atoms with van der Waals surface area (Å²) in [5.41, 5.74) is 9.77. The molecule has 3 aromatic rings. The molecule has 2 aromatic heterocycles. The van der Waals surface area contributed by atoms with Crippen molar-refractivity contribution in [2.24, 2.45) is 5.73 Å². The van der Waals surface area contributed by atoms with Gasteiger partial charge in [0, 0.05) is 31.9 Å². The average molecular weight is 492 g/mol. The Morgan fingerprint density at radius 1 is 1.08 bits per heavy atom. The second-order valence-corrected chi connectivity index (χ2v) is 9.74. The van der Waals surface area contributed by atoms with Crippen LogP contribution in [0, 0.1) is 0 Å². The van der Waals surface area contributed by atoms with Crippen molar-refractivity contribution in [3.8, 4) is 0 Å². The first-order valence-corrected chi connectivity index (χ1v) is 12.9. The molecule has 1 aliphatic heterocycles. The standard InChI is InChI=1S/C27H37N7O2/c1-5-23(19-9-7-18(8-10-19)17(3)4)32-26(35)22-15-29-25-21(16-30-34(25)6-2)24(22)31-20-11-13-33(14-12-20)27(28)36/h7-10,15-17,20,23H,5-6,11-14H2,1-4H3,(H2,28,36)(H,29,31)(H,32,35)/t23-/m1/s1. The van der Waals surface area contributed by atoms with Crippen molar-refractivity contribution in [1.82, 2.24) is 25.0 Å². The first-order valence-electron chi connectivity index (χ1n) is 12.9. The topological polar surface area (TPSA) is 118 Å². The highest BCUT2D eigenvalue weighted by atomic mass is 16.2. The minimum atomic E-state index is -0.393. The van der Waals surface area contributed by atoms with Gasteiger partial charge in [0.1, 0.15) is 0 Å². The van der Waals surface area contributed by atoms with Crippen molar-refractivity contribution < 1.29 is 9.59 Å². The summed E-state index contributed by atoms with van der Waals surface area (Å²) < 4.78 is 1.82. The molecule has 1 aromatic carbocycles. The number of nitrogens with two attached hydrogens (primary N) is 1. The van der Waals surface area contributed by atoms with E-state index in [1.54, 1.807) is 17.3 Å². The van der Waals surface area contributed by atoms with Crippen molar-refractivity contribution in [3.63, 3.8) is 0 Å². The van der Waals surface area contributed by atoms with Crippen LogP contribution < -0.4 is 16.4 Å². The largest absolute Gasteiger partial charge is 0.381 e. The molecule has 1 fully saturated rings. The Balaban J connectivity index is 1.61. The lowest BCUT2D eigenvalue weighted by atomic mass is 9.97. The fraction of sp³-hybridized carbons (Fsp3) is 0.481. The fourth-order valence-corrected chi connectivity index (χ4v) is 4.80. The van der Waals surface area contributed by atoms with E-state index in [1.165, 1.54) is 5.56 Å². The van der Waals surface area contributed by atoms with Gasteiger partial charge in [-0.3, -0.25) is 4.79 Å². The normalized spacial score (nSPS) is 15.3. The van der Waals surface area contributed by atoms with Gasteiger partial charge in [0.15, 0.2) is 5.65 Å². The first kappa shape index (κ1) is 25.5. The van der Waals surface area contributed by atoms with Gasteiger partial charge in [-0.05, 0) is 43.2 Å². The summed E-state index contributed by atoms with van der Waals surface area (Å²) in [6.45, 7) is 10.3. The van der Waals surface area contributed by atoms with E-state index in [9.17, 15) is 9.59 Å². The van der Waals surface area contributed by atoms with E-state index in [0.717, 1.165) is 41.5 Å². The van der Waals surface area contributed by atoms with Crippen LogP contribution in [0.3, 0.4) is 0 Å². The summed E-state index contributed by atoms with van der Waals surface area (Å²) in [4.78, 5) is 31.4. The number of likely N-dealkylation sites (tertiary alicyclic amines) is 1. The molecule has 9 heteroatoms. The molecule has 1 aliphatic rings. The fourth-order valence-electron chi connectivity index (χ4n) is 4.80. The zero-order chi connectivity index (χ0) is 25.8. The molecular weight excluding hydrogens is 454 g/mol. The van der Waals surface area contributed by atoms with E-state index in [0.29, 0.717) is 31.1 Å². The number of nitrogens with one attached hydrogen (secondary N) is 2. The van der Waals surface area contributed by atoms with E-state index >= 15 is 0 Å². The molecule has 1 atom stereocenters. The van der Waals surface area contributed by atoms with Crippen molar-refractivity contribution in [2.45, 2.75) is 71.5 Å². The lowest BCUT2D eigenvalue weighted by Gasteiger charge is -2.32. The highest BCUT2D eigenvalue weighted by molar-refractivity contribution is 6.06. The minimum absolute atomic E-state index is 0.105. The molecule has 1 saturated heterocycles. The maximum absolute atomic E-state index is 13.6. The summed E-state index contributed by atoms with van der Waals surface area (Å²) in [5.74, 6) is 0.282. The zero-order valence-corrected chi connectivity index (χ0v) is 21.6. The van der Waals surface area contributed by atoms with Gasteiger partial charge in [-0.2, -0.15) is 5.10 Å². The van der Waals surface area contributed by atoms with E-state index in [4.69, 9.17) is 5.73 Å². The Labute approximate surface area is 212 Å². The molecule has 0 bridgehead atoms. The Morgan fingerprint density at radius 3 is 2.33 bits per heavy atom. The van der Waals surface area contributed by atoms with E-state index < -0.39 is 6.03 Å². The van der Waals surface area contributed by atoms with E-state index in [1.807, 2.05) is 11.6 Å². The molecule has 0 unspecified atom stereocenters. The van der Waals surface area contributed by atoms with Gasteiger partial charge in [-0.1, -0.05) is 45.0 Å². The summed E-state index contributed by atoms with van der Waals surface area (Å²) in [6.07, 6.45) is 5.67. The number of anilines is 1. The van der Waals surface area contributed by atoms with Crippen LogP contribution >= 0.6 is 0 Å². The Morgan fingerprint density at radius 2 is 1.75 bits per heavy atom. The zero-order valence-electron chi connectivity index (χ0n) is 21.6. The highest BCUT2D eigenvalue weighted by Gasteiger charge is 2.26. The number of carbonyl (C=O) groups is 2. The molecule has 0 spiro atoms. The van der Waals surface area contributed by atoms with Crippen LogP contribution in [0.2, 0.25) is 0 Å². The molecule has 9 nitrogen and oxygen atoms in total. The maximum atomic E-state index is 13.6. The van der Waals surface area contributed by atoms with Crippen LogP contribution in [0.5, 0.6) is 0 Å². The predicted molar refractivity (Wildman–Crippen MR) is 142 cm³/mol. The highest BCUT2D eigenvalue weighted by Crippen LogP contribution is 2.29. The predicted octanol–water partition coefficient (Wildman–Crippen LogP) is 4.41. The molecule has 4 rings (SSSR count). The number of primary amides is 1. The van der Waals surface area contributed by atoms with Crippen LogP contribution in [0.4, 0.5) is 10.5 Å². The third kappa shape index (κ3) is 5.29. The van der Waals surface area contributed by atoms with Crippen LogP contribution in [0.1, 0.15) is 80.4 Å². The molecule has 4 N–H and O–H groups in total. The summed E-state index contributed by atoms with van der Waals surface area (Å²) in [7, 11) is 0. The number of benzene rings is 1. The smallest absolute Gasteiger partial charge is 0.314 e. The molecule has 0 aliphatic carbocycles. The number of piperidine rings is 1.